The molecule has 0 aromatic heterocycles. The van der Waals surface area contributed by atoms with Gasteiger partial charge in [-0.15, -0.1) is 0 Å². The Kier molecular flexibility index (Phi) is 6.55. The molecule has 1 atom stereocenters. The zero-order chi connectivity index (χ0) is 20.1. The Balaban J connectivity index is 2.20. The first-order valence-corrected chi connectivity index (χ1v) is 8.85. The van der Waals surface area contributed by atoms with Crippen LogP contribution in [0.2, 0.25) is 0 Å². The van der Waals surface area contributed by atoms with Crippen molar-refractivity contribution >= 4 is 29.3 Å². The number of aliphatic carboxylic acids is 1. The van der Waals surface area contributed by atoms with Crippen molar-refractivity contribution in [3.8, 4) is 5.75 Å². The van der Waals surface area contributed by atoms with E-state index in [0.29, 0.717) is 23.4 Å². The number of nitrogens with one attached hydrogen (secondary N) is 1. The second-order valence-electron chi connectivity index (χ2n) is 6.82. The SMILES string of the molecule is CCC(=O)c1ccc2c(c1)N(CC(=O)NC(CC(C)C)C(=O)O)C(=O)CO2. The highest BCUT2D eigenvalue weighted by molar-refractivity contribution is 6.04. The van der Waals surface area contributed by atoms with Crippen LogP contribution >= 0.6 is 0 Å². The lowest BCUT2D eigenvalue weighted by molar-refractivity contribution is -0.142. The molecule has 1 aliphatic heterocycles. The quantitative estimate of drug-likeness (QED) is 0.667. The summed E-state index contributed by atoms with van der Waals surface area (Å²) in [4.78, 5) is 49.1. The highest BCUT2D eigenvalue weighted by Gasteiger charge is 2.29. The minimum Gasteiger partial charge on any atom is -0.482 e. The number of carbonyl (C=O) groups excluding carboxylic acids is 3. The van der Waals surface area contributed by atoms with Crippen LogP contribution in [0.5, 0.6) is 5.75 Å². The van der Waals surface area contributed by atoms with Gasteiger partial charge in [0.1, 0.15) is 18.3 Å². The molecule has 1 aromatic carbocycles. The lowest BCUT2D eigenvalue weighted by atomic mass is 10.0. The van der Waals surface area contributed by atoms with Gasteiger partial charge in [-0.25, -0.2) is 4.79 Å². The number of ketones is 1. The molecule has 146 valence electrons. The molecule has 27 heavy (non-hydrogen) atoms. The highest BCUT2D eigenvalue weighted by atomic mass is 16.5. The topological polar surface area (TPSA) is 113 Å². The van der Waals surface area contributed by atoms with Crippen molar-refractivity contribution < 1.29 is 29.0 Å². The lowest BCUT2D eigenvalue weighted by Gasteiger charge is -2.29. The third-order valence-corrected chi connectivity index (χ3v) is 4.19. The Morgan fingerprint density at radius 3 is 2.59 bits per heavy atom. The molecule has 0 radical (unpaired) electrons. The Labute approximate surface area is 157 Å². The molecule has 1 aromatic rings. The predicted octanol–water partition coefficient (Wildman–Crippen LogP) is 1.62. The van der Waals surface area contributed by atoms with E-state index in [2.05, 4.69) is 5.32 Å². The van der Waals surface area contributed by atoms with Crippen LogP contribution in [-0.2, 0) is 14.4 Å². The molecule has 1 heterocycles. The van der Waals surface area contributed by atoms with Crippen molar-refractivity contribution in [3.63, 3.8) is 0 Å². The molecule has 0 bridgehead atoms. The number of Topliss-reactive ketones (excluding diaryl/α,β-unsaturated/α-hetero) is 1. The number of carboxylic acid groups (broad SMARTS) is 1. The number of carbonyl (C=O) groups is 4. The number of hydrogen-bond donors (Lipinski definition) is 2. The van der Waals surface area contributed by atoms with Gasteiger partial charge in [0, 0.05) is 12.0 Å². The highest BCUT2D eigenvalue weighted by Crippen LogP contribution is 2.33. The summed E-state index contributed by atoms with van der Waals surface area (Å²) in [6, 6.07) is 3.70. The fourth-order valence-corrected chi connectivity index (χ4v) is 2.83. The Morgan fingerprint density at radius 1 is 1.30 bits per heavy atom. The molecule has 2 rings (SSSR count). The first kappa shape index (κ1) is 20.4. The summed E-state index contributed by atoms with van der Waals surface area (Å²) in [6.07, 6.45) is 0.591. The molecule has 1 aliphatic rings. The van der Waals surface area contributed by atoms with E-state index in [0.717, 1.165) is 0 Å². The molecule has 8 nitrogen and oxygen atoms in total. The van der Waals surface area contributed by atoms with Crippen LogP contribution in [0.25, 0.3) is 0 Å². The maximum absolute atomic E-state index is 12.4. The maximum atomic E-state index is 12.4. The third-order valence-electron chi connectivity index (χ3n) is 4.19. The molecule has 2 N–H and O–H groups in total. The summed E-state index contributed by atoms with van der Waals surface area (Å²) in [7, 11) is 0. The van der Waals surface area contributed by atoms with Crippen molar-refractivity contribution in [1.29, 1.82) is 0 Å². The number of carboxylic acids is 1. The number of amides is 2. The Bertz CT molecular complexity index is 759. The van der Waals surface area contributed by atoms with Gasteiger partial charge in [-0.05, 0) is 30.5 Å². The van der Waals surface area contributed by atoms with Gasteiger partial charge in [0.2, 0.25) is 5.91 Å². The molecule has 0 saturated heterocycles. The van der Waals surface area contributed by atoms with E-state index in [1.54, 1.807) is 19.1 Å². The second kappa shape index (κ2) is 8.66. The zero-order valence-electron chi connectivity index (χ0n) is 15.7. The van der Waals surface area contributed by atoms with Gasteiger partial charge in [-0.1, -0.05) is 20.8 Å². The first-order chi connectivity index (χ1) is 12.7. The fourth-order valence-electron chi connectivity index (χ4n) is 2.83. The summed E-state index contributed by atoms with van der Waals surface area (Å²) >= 11 is 0. The average Bonchev–Trinajstić information content (AvgIpc) is 2.62. The number of anilines is 1. The van der Waals surface area contributed by atoms with Crippen LogP contribution in [0.1, 0.15) is 44.0 Å². The third kappa shape index (κ3) is 5.06. The molecule has 8 heteroatoms. The van der Waals surface area contributed by atoms with Gasteiger partial charge >= 0.3 is 5.97 Å². The van der Waals surface area contributed by atoms with Crippen molar-refractivity contribution in [1.82, 2.24) is 5.32 Å². The molecule has 1 unspecified atom stereocenters. The summed E-state index contributed by atoms with van der Waals surface area (Å²) < 4.78 is 5.36. The Hall–Kier alpha value is -2.90. The number of nitrogens with zero attached hydrogens (tertiary/aromatic N) is 1. The number of fused-ring (bicyclic) bond motifs is 1. The van der Waals surface area contributed by atoms with Crippen molar-refractivity contribution in [2.24, 2.45) is 5.92 Å². The lowest BCUT2D eigenvalue weighted by Crippen LogP contribution is -2.49. The van der Waals surface area contributed by atoms with E-state index in [4.69, 9.17) is 4.74 Å². The molecular formula is C19H24N2O6. The van der Waals surface area contributed by atoms with Gasteiger partial charge in [-0.3, -0.25) is 19.3 Å². The van der Waals surface area contributed by atoms with Crippen LogP contribution in [0.3, 0.4) is 0 Å². The van der Waals surface area contributed by atoms with Crippen LogP contribution in [0, 0.1) is 5.92 Å². The summed E-state index contributed by atoms with van der Waals surface area (Å²) in [5.41, 5.74) is 0.750. The predicted molar refractivity (Wildman–Crippen MR) is 97.9 cm³/mol. The molecule has 0 saturated carbocycles. The molecule has 0 aliphatic carbocycles. The van der Waals surface area contributed by atoms with Gasteiger partial charge in [-0.2, -0.15) is 0 Å². The number of benzene rings is 1. The molecule has 2 amide bonds. The molecule has 0 fully saturated rings. The van der Waals surface area contributed by atoms with Crippen molar-refractivity contribution in [3.05, 3.63) is 23.8 Å². The minimum absolute atomic E-state index is 0.0831. The molecular weight excluding hydrogens is 352 g/mol. The van der Waals surface area contributed by atoms with E-state index in [1.807, 2.05) is 13.8 Å². The van der Waals surface area contributed by atoms with Crippen LogP contribution < -0.4 is 15.0 Å². The Morgan fingerprint density at radius 2 is 2.00 bits per heavy atom. The second-order valence-corrected chi connectivity index (χ2v) is 6.82. The van der Waals surface area contributed by atoms with Crippen LogP contribution in [-0.4, -0.2) is 47.9 Å². The molecule has 0 spiro atoms. The van der Waals surface area contributed by atoms with Gasteiger partial charge in [0.15, 0.2) is 12.4 Å². The van der Waals surface area contributed by atoms with Crippen molar-refractivity contribution in [2.45, 2.75) is 39.7 Å². The van der Waals surface area contributed by atoms with E-state index < -0.39 is 23.8 Å². The number of ether oxygens (including phenoxy) is 1. The van der Waals surface area contributed by atoms with Crippen molar-refractivity contribution in [2.75, 3.05) is 18.1 Å². The first-order valence-electron chi connectivity index (χ1n) is 8.85. The van der Waals surface area contributed by atoms with E-state index in [1.165, 1.54) is 11.0 Å². The van der Waals surface area contributed by atoms with Gasteiger partial charge in [0.25, 0.3) is 5.91 Å². The summed E-state index contributed by atoms with van der Waals surface area (Å²) in [5.74, 6) is -1.76. The smallest absolute Gasteiger partial charge is 0.326 e. The minimum atomic E-state index is -1.12. The summed E-state index contributed by atoms with van der Waals surface area (Å²) in [5, 5.41) is 11.7. The monoisotopic (exact) mass is 376 g/mol. The van der Waals surface area contributed by atoms with E-state index >= 15 is 0 Å². The number of hydrogen-bond acceptors (Lipinski definition) is 5. The summed E-state index contributed by atoms with van der Waals surface area (Å²) in [6.45, 7) is 4.87. The van der Waals surface area contributed by atoms with E-state index in [-0.39, 0.29) is 31.3 Å². The van der Waals surface area contributed by atoms with Crippen LogP contribution in [0.4, 0.5) is 5.69 Å². The standard InChI is InChI=1S/C19H24N2O6/c1-4-15(22)12-5-6-16-14(8-12)21(18(24)10-27-16)9-17(23)20-13(19(25)26)7-11(2)3/h5-6,8,11,13H,4,7,9-10H2,1-3H3,(H,20,23)(H,25,26). The van der Waals surface area contributed by atoms with Crippen LogP contribution in [0.15, 0.2) is 18.2 Å². The normalized spacial score (nSPS) is 14.4. The fraction of sp³-hybridized carbons (Fsp3) is 0.474. The zero-order valence-corrected chi connectivity index (χ0v) is 15.7. The number of rotatable bonds is 8. The van der Waals surface area contributed by atoms with E-state index in [9.17, 15) is 24.3 Å². The van der Waals surface area contributed by atoms with Gasteiger partial charge < -0.3 is 15.2 Å². The van der Waals surface area contributed by atoms with Gasteiger partial charge in [0.05, 0.1) is 5.69 Å². The average molecular weight is 376 g/mol. The maximum Gasteiger partial charge on any atom is 0.326 e. The largest absolute Gasteiger partial charge is 0.482 e.